The maximum Gasteiger partial charge on any atom is 0.216 e. The van der Waals surface area contributed by atoms with Crippen LogP contribution in [0.15, 0.2) is 0 Å². The summed E-state index contributed by atoms with van der Waals surface area (Å²) in [5.74, 6) is 1.99. The Morgan fingerprint density at radius 1 is 1.42 bits per heavy atom. The molecule has 0 saturated heterocycles. The van der Waals surface area contributed by atoms with Gasteiger partial charge < -0.3 is 10.1 Å². The van der Waals surface area contributed by atoms with Crippen molar-refractivity contribution in [3.05, 3.63) is 0 Å². The molecule has 0 rings (SSSR count). The number of nitrogens with one attached hydrogen (secondary N) is 1. The molecule has 0 aliphatic carbocycles. The SMILES string of the molecule is COCCSSCCNC(C)=O. The smallest absolute Gasteiger partial charge is 0.216 e. The molecule has 0 saturated carbocycles. The summed E-state index contributed by atoms with van der Waals surface area (Å²) in [5, 5.41) is 2.73. The van der Waals surface area contributed by atoms with Crippen LogP contribution in [0.5, 0.6) is 0 Å². The highest BCUT2D eigenvalue weighted by Gasteiger charge is 1.91. The summed E-state index contributed by atoms with van der Waals surface area (Å²) < 4.78 is 4.88. The quantitative estimate of drug-likeness (QED) is 0.504. The van der Waals surface area contributed by atoms with Gasteiger partial charge >= 0.3 is 0 Å². The molecule has 0 radical (unpaired) electrons. The maximum absolute atomic E-state index is 10.4. The standard InChI is InChI=1S/C7H15NO2S2/c1-7(9)8-3-5-11-12-6-4-10-2/h3-6H2,1-2H3,(H,8,9). The van der Waals surface area contributed by atoms with E-state index in [0.717, 1.165) is 24.7 Å². The fourth-order valence-corrected chi connectivity index (χ4v) is 2.32. The zero-order chi connectivity index (χ0) is 9.23. The highest BCUT2D eigenvalue weighted by atomic mass is 33.1. The largest absolute Gasteiger partial charge is 0.384 e. The Labute approximate surface area is 81.4 Å². The van der Waals surface area contributed by atoms with Gasteiger partial charge in [-0.3, -0.25) is 4.79 Å². The van der Waals surface area contributed by atoms with E-state index in [1.807, 2.05) is 0 Å². The van der Waals surface area contributed by atoms with Gasteiger partial charge in [-0.15, -0.1) is 0 Å². The van der Waals surface area contributed by atoms with Gasteiger partial charge in [0.1, 0.15) is 0 Å². The zero-order valence-corrected chi connectivity index (χ0v) is 9.09. The van der Waals surface area contributed by atoms with Crippen LogP contribution in [-0.2, 0) is 9.53 Å². The second-order valence-electron chi connectivity index (χ2n) is 2.12. The van der Waals surface area contributed by atoms with Crippen molar-refractivity contribution < 1.29 is 9.53 Å². The first-order chi connectivity index (χ1) is 5.77. The molecule has 0 aliphatic rings. The number of rotatable bonds is 7. The topological polar surface area (TPSA) is 38.3 Å². The first-order valence-electron chi connectivity index (χ1n) is 3.75. The van der Waals surface area contributed by atoms with E-state index in [1.54, 1.807) is 28.7 Å². The molecule has 72 valence electrons. The van der Waals surface area contributed by atoms with Gasteiger partial charge in [0.2, 0.25) is 5.91 Å². The molecule has 0 bridgehead atoms. The van der Waals surface area contributed by atoms with E-state index in [2.05, 4.69) is 5.32 Å². The van der Waals surface area contributed by atoms with Crippen LogP contribution in [0.25, 0.3) is 0 Å². The van der Waals surface area contributed by atoms with E-state index in [1.165, 1.54) is 6.92 Å². The summed E-state index contributed by atoms with van der Waals surface area (Å²) in [6, 6.07) is 0. The number of amides is 1. The van der Waals surface area contributed by atoms with Gasteiger partial charge in [-0.25, -0.2) is 0 Å². The van der Waals surface area contributed by atoms with Gasteiger partial charge in [-0.1, -0.05) is 21.6 Å². The van der Waals surface area contributed by atoms with Crippen molar-refractivity contribution in [2.24, 2.45) is 0 Å². The average Bonchev–Trinajstić information content (AvgIpc) is 2.02. The Bertz CT molecular complexity index is 122. The number of methoxy groups -OCH3 is 1. The second kappa shape index (κ2) is 9.22. The Kier molecular flexibility index (Phi) is 9.32. The molecule has 0 aromatic rings. The van der Waals surface area contributed by atoms with Gasteiger partial charge in [0.25, 0.3) is 0 Å². The Balaban J connectivity index is 2.86. The van der Waals surface area contributed by atoms with Crippen LogP contribution in [0.1, 0.15) is 6.92 Å². The van der Waals surface area contributed by atoms with E-state index in [0.29, 0.717) is 0 Å². The Morgan fingerprint density at radius 2 is 2.08 bits per heavy atom. The number of carbonyl (C=O) groups is 1. The Morgan fingerprint density at radius 3 is 2.67 bits per heavy atom. The predicted octanol–water partition coefficient (Wildman–Crippen LogP) is 1.15. The summed E-state index contributed by atoms with van der Waals surface area (Å²) in [4.78, 5) is 10.4. The molecule has 1 amide bonds. The minimum absolute atomic E-state index is 0.0393. The lowest BCUT2D eigenvalue weighted by Gasteiger charge is -2.01. The van der Waals surface area contributed by atoms with Crippen LogP contribution in [0.4, 0.5) is 0 Å². The molecule has 0 heterocycles. The van der Waals surface area contributed by atoms with Gasteiger partial charge in [-0.2, -0.15) is 0 Å². The molecule has 5 heteroatoms. The minimum Gasteiger partial charge on any atom is -0.384 e. The molecule has 12 heavy (non-hydrogen) atoms. The maximum atomic E-state index is 10.4. The normalized spacial score (nSPS) is 9.83. The number of hydrogen-bond acceptors (Lipinski definition) is 4. The molecule has 0 aromatic heterocycles. The van der Waals surface area contributed by atoms with Crippen LogP contribution >= 0.6 is 21.6 Å². The highest BCUT2D eigenvalue weighted by molar-refractivity contribution is 8.76. The molecular formula is C7H15NO2S2. The van der Waals surface area contributed by atoms with Gasteiger partial charge in [-0.05, 0) is 0 Å². The van der Waals surface area contributed by atoms with Gasteiger partial charge in [0.15, 0.2) is 0 Å². The van der Waals surface area contributed by atoms with Crippen molar-refractivity contribution in [3.63, 3.8) is 0 Å². The van der Waals surface area contributed by atoms with Crippen molar-refractivity contribution in [3.8, 4) is 0 Å². The fraction of sp³-hybridized carbons (Fsp3) is 0.857. The summed E-state index contributed by atoms with van der Waals surface area (Å²) in [7, 11) is 5.22. The molecule has 0 aliphatic heterocycles. The third-order valence-corrected chi connectivity index (χ3v) is 3.38. The molecule has 0 spiro atoms. The predicted molar refractivity (Wildman–Crippen MR) is 55.5 cm³/mol. The first kappa shape index (κ1) is 12.1. The van der Waals surface area contributed by atoms with Crippen LogP contribution in [0, 0.1) is 0 Å². The minimum atomic E-state index is 0.0393. The Hall–Kier alpha value is 0.130. The lowest BCUT2D eigenvalue weighted by molar-refractivity contribution is -0.118. The van der Waals surface area contributed by atoms with Crippen LogP contribution in [0.3, 0.4) is 0 Å². The summed E-state index contributed by atoms with van der Waals surface area (Å²) in [5.41, 5.74) is 0. The third kappa shape index (κ3) is 10.1. The van der Waals surface area contributed by atoms with Crippen molar-refractivity contribution in [2.75, 3.05) is 31.8 Å². The lowest BCUT2D eigenvalue weighted by atomic mass is 10.6. The van der Waals surface area contributed by atoms with E-state index in [-0.39, 0.29) is 5.91 Å². The second-order valence-corrected chi connectivity index (χ2v) is 4.82. The molecular weight excluding hydrogens is 194 g/mol. The first-order valence-corrected chi connectivity index (χ1v) is 6.24. The fourth-order valence-electron chi connectivity index (χ4n) is 0.504. The van der Waals surface area contributed by atoms with E-state index < -0.39 is 0 Å². The zero-order valence-electron chi connectivity index (χ0n) is 7.46. The van der Waals surface area contributed by atoms with Crippen molar-refractivity contribution in [1.82, 2.24) is 5.32 Å². The number of hydrogen-bond donors (Lipinski definition) is 1. The molecule has 1 N–H and O–H groups in total. The number of carbonyl (C=O) groups excluding carboxylic acids is 1. The summed E-state index contributed by atoms with van der Waals surface area (Å²) in [6.07, 6.45) is 0. The summed E-state index contributed by atoms with van der Waals surface area (Å²) >= 11 is 0. The highest BCUT2D eigenvalue weighted by Crippen LogP contribution is 2.19. The molecule has 0 fully saturated rings. The van der Waals surface area contributed by atoms with Crippen molar-refractivity contribution >= 4 is 27.5 Å². The van der Waals surface area contributed by atoms with Crippen LogP contribution in [-0.4, -0.2) is 37.7 Å². The van der Waals surface area contributed by atoms with E-state index in [4.69, 9.17) is 4.74 Å². The van der Waals surface area contributed by atoms with Crippen molar-refractivity contribution in [2.45, 2.75) is 6.92 Å². The molecule has 0 atom stereocenters. The van der Waals surface area contributed by atoms with E-state index in [9.17, 15) is 4.79 Å². The van der Waals surface area contributed by atoms with Gasteiger partial charge in [0.05, 0.1) is 6.61 Å². The van der Waals surface area contributed by atoms with Crippen LogP contribution < -0.4 is 5.32 Å². The van der Waals surface area contributed by atoms with Crippen molar-refractivity contribution in [1.29, 1.82) is 0 Å². The number of ether oxygens (including phenoxy) is 1. The van der Waals surface area contributed by atoms with E-state index >= 15 is 0 Å². The van der Waals surface area contributed by atoms with Gasteiger partial charge in [0, 0.05) is 32.1 Å². The van der Waals surface area contributed by atoms with Crippen LogP contribution in [0.2, 0.25) is 0 Å². The lowest BCUT2D eigenvalue weighted by Crippen LogP contribution is -2.22. The molecule has 3 nitrogen and oxygen atoms in total. The third-order valence-electron chi connectivity index (χ3n) is 1.01. The summed E-state index contributed by atoms with van der Waals surface area (Å²) in [6.45, 7) is 3.07. The molecule has 0 unspecified atom stereocenters. The monoisotopic (exact) mass is 209 g/mol. The average molecular weight is 209 g/mol. The molecule has 0 aromatic carbocycles.